The topological polar surface area (TPSA) is 83.1 Å². The van der Waals surface area contributed by atoms with Crippen molar-refractivity contribution in [1.29, 1.82) is 0 Å². The molecule has 8 heteroatoms. The van der Waals surface area contributed by atoms with Gasteiger partial charge in [0, 0.05) is 25.4 Å². The van der Waals surface area contributed by atoms with Crippen molar-refractivity contribution in [2.75, 3.05) is 10.6 Å². The maximum Gasteiger partial charge on any atom is 0.319 e. The molecule has 3 amide bonds. The highest BCUT2D eigenvalue weighted by molar-refractivity contribution is 5.93. The third-order valence-corrected chi connectivity index (χ3v) is 3.44. The zero-order chi connectivity index (χ0) is 18.4. The Balaban J connectivity index is 2.13. The predicted octanol–water partition coefficient (Wildman–Crippen LogP) is 3.59. The number of pyridine rings is 1. The Morgan fingerprint density at radius 2 is 1.68 bits per heavy atom. The third-order valence-electron chi connectivity index (χ3n) is 3.44. The Hall–Kier alpha value is -3.03. The van der Waals surface area contributed by atoms with Gasteiger partial charge >= 0.3 is 6.03 Å². The second-order valence-electron chi connectivity index (χ2n) is 5.33. The zero-order valence-corrected chi connectivity index (χ0v) is 13.8. The van der Waals surface area contributed by atoms with Gasteiger partial charge in [-0.3, -0.25) is 9.78 Å². The first kappa shape index (κ1) is 18.3. The average Bonchev–Trinajstić information content (AvgIpc) is 2.57. The highest BCUT2D eigenvalue weighted by Crippen LogP contribution is 2.24. The SMILES string of the molecule is CC[C@@H](NC(=O)Nc1cc(NC(C)=O)c(F)cc1F)c1ccncc1. The lowest BCUT2D eigenvalue weighted by Crippen LogP contribution is -2.32. The van der Waals surface area contributed by atoms with Crippen molar-refractivity contribution < 1.29 is 18.4 Å². The van der Waals surface area contributed by atoms with Crippen LogP contribution in [-0.4, -0.2) is 16.9 Å². The van der Waals surface area contributed by atoms with E-state index in [1.165, 1.54) is 6.92 Å². The number of carbonyl (C=O) groups excluding carboxylic acids is 2. The van der Waals surface area contributed by atoms with E-state index in [2.05, 4.69) is 20.9 Å². The molecule has 0 saturated carbocycles. The molecule has 0 aliphatic heterocycles. The lowest BCUT2D eigenvalue weighted by atomic mass is 10.1. The van der Waals surface area contributed by atoms with Crippen LogP contribution in [0.2, 0.25) is 0 Å². The predicted molar refractivity (Wildman–Crippen MR) is 90.1 cm³/mol. The molecule has 0 aliphatic rings. The summed E-state index contributed by atoms with van der Waals surface area (Å²) in [4.78, 5) is 27.1. The minimum absolute atomic E-state index is 0.217. The number of hydrogen-bond acceptors (Lipinski definition) is 3. The van der Waals surface area contributed by atoms with Gasteiger partial charge in [0.2, 0.25) is 5.91 Å². The fourth-order valence-corrected chi connectivity index (χ4v) is 2.26. The van der Waals surface area contributed by atoms with Gasteiger partial charge in [-0.2, -0.15) is 0 Å². The van der Waals surface area contributed by atoms with Gasteiger partial charge in [0.05, 0.1) is 17.4 Å². The maximum atomic E-state index is 13.9. The minimum Gasteiger partial charge on any atom is -0.331 e. The summed E-state index contributed by atoms with van der Waals surface area (Å²) in [5.41, 5.74) is 0.392. The zero-order valence-electron chi connectivity index (χ0n) is 13.8. The summed E-state index contributed by atoms with van der Waals surface area (Å²) in [5, 5.41) is 7.27. The van der Waals surface area contributed by atoms with E-state index in [1.807, 2.05) is 6.92 Å². The van der Waals surface area contributed by atoms with Crippen LogP contribution in [0.3, 0.4) is 0 Å². The Bertz CT molecular complexity index is 769. The summed E-state index contributed by atoms with van der Waals surface area (Å²) >= 11 is 0. The lowest BCUT2D eigenvalue weighted by molar-refractivity contribution is -0.114. The van der Waals surface area contributed by atoms with Crippen LogP contribution < -0.4 is 16.0 Å². The van der Waals surface area contributed by atoms with Crippen LogP contribution in [0.4, 0.5) is 25.0 Å². The smallest absolute Gasteiger partial charge is 0.319 e. The molecule has 0 radical (unpaired) electrons. The molecule has 2 aromatic rings. The van der Waals surface area contributed by atoms with Crippen LogP contribution in [-0.2, 0) is 4.79 Å². The minimum atomic E-state index is -0.946. The van der Waals surface area contributed by atoms with Crippen molar-refractivity contribution >= 4 is 23.3 Å². The van der Waals surface area contributed by atoms with Gasteiger partial charge in [-0.15, -0.1) is 0 Å². The van der Waals surface area contributed by atoms with Gasteiger partial charge in [-0.05, 0) is 30.2 Å². The summed E-state index contributed by atoms with van der Waals surface area (Å²) in [6.07, 6.45) is 3.83. The molecule has 0 bridgehead atoms. The average molecular weight is 348 g/mol. The van der Waals surface area contributed by atoms with Crippen LogP contribution in [0.25, 0.3) is 0 Å². The van der Waals surface area contributed by atoms with E-state index in [1.54, 1.807) is 24.5 Å². The van der Waals surface area contributed by atoms with Gasteiger partial charge < -0.3 is 16.0 Å². The van der Waals surface area contributed by atoms with Crippen LogP contribution >= 0.6 is 0 Å². The molecule has 1 atom stereocenters. The number of urea groups is 1. The monoisotopic (exact) mass is 348 g/mol. The molecule has 1 aromatic carbocycles. The van der Waals surface area contributed by atoms with Crippen molar-refractivity contribution in [3.63, 3.8) is 0 Å². The molecule has 6 nitrogen and oxygen atoms in total. The molecule has 132 valence electrons. The first-order valence-corrected chi connectivity index (χ1v) is 7.64. The first-order chi connectivity index (χ1) is 11.9. The van der Waals surface area contributed by atoms with Crippen LogP contribution in [0.5, 0.6) is 0 Å². The molecule has 2 rings (SSSR count). The number of halogens is 2. The summed E-state index contributed by atoms with van der Waals surface area (Å²) in [7, 11) is 0. The molecule has 3 N–H and O–H groups in total. The lowest BCUT2D eigenvalue weighted by Gasteiger charge is -2.18. The van der Waals surface area contributed by atoms with Crippen molar-refractivity contribution in [2.45, 2.75) is 26.3 Å². The Kier molecular flexibility index (Phi) is 5.99. The van der Waals surface area contributed by atoms with Crippen molar-refractivity contribution in [3.05, 3.63) is 53.9 Å². The molecule has 25 heavy (non-hydrogen) atoms. The van der Waals surface area contributed by atoms with E-state index < -0.39 is 23.6 Å². The molecule has 0 unspecified atom stereocenters. The van der Waals surface area contributed by atoms with Gasteiger partial charge in [-0.25, -0.2) is 13.6 Å². The summed E-state index contributed by atoms with van der Waals surface area (Å²) in [6.45, 7) is 3.09. The first-order valence-electron chi connectivity index (χ1n) is 7.64. The highest BCUT2D eigenvalue weighted by atomic mass is 19.1. The number of benzene rings is 1. The number of rotatable bonds is 5. The molecule has 0 aliphatic carbocycles. The standard InChI is InChI=1S/C17H18F2N4O2/c1-3-14(11-4-6-20-7-5-11)22-17(25)23-16-9-15(21-10(2)24)12(18)8-13(16)19/h4-9,14H,3H2,1-2H3,(H,21,24)(H2,22,23,25)/t14-/m1/s1. The van der Waals surface area contributed by atoms with E-state index in [0.717, 1.165) is 11.6 Å². The summed E-state index contributed by atoms with van der Waals surface area (Å²) in [5.74, 6) is -2.38. The summed E-state index contributed by atoms with van der Waals surface area (Å²) < 4.78 is 27.5. The summed E-state index contributed by atoms with van der Waals surface area (Å²) in [6, 6.07) is 4.22. The second kappa shape index (κ2) is 8.18. The van der Waals surface area contributed by atoms with Gasteiger partial charge in [-0.1, -0.05) is 6.92 Å². The number of nitrogens with zero attached hydrogens (tertiary/aromatic N) is 1. The quantitative estimate of drug-likeness (QED) is 0.772. The van der Waals surface area contributed by atoms with E-state index in [9.17, 15) is 18.4 Å². The maximum absolute atomic E-state index is 13.9. The van der Waals surface area contributed by atoms with E-state index >= 15 is 0 Å². The van der Waals surface area contributed by atoms with E-state index in [-0.39, 0.29) is 17.4 Å². The number of anilines is 2. The van der Waals surface area contributed by atoms with E-state index in [0.29, 0.717) is 12.5 Å². The highest BCUT2D eigenvalue weighted by Gasteiger charge is 2.16. The van der Waals surface area contributed by atoms with Gasteiger partial charge in [0.15, 0.2) is 0 Å². The molecule has 1 heterocycles. The third kappa shape index (κ3) is 4.97. The molecule has 0 fully saturated rings. The fourth-order valence-electron chi connectivity index (χ4n) is 2.26. The Labute approximate surface area is 143 Å². The van der Waals surface area contributed by atoms with Gasteiger partial charge in [0.25, 0.3) is 0 Å². The molecule has 0 saturated heterocycles. The number of nitrogens with one attached hydrogen (secondary N) is 3. The number of aromatic nitrogens is 1. The fraction of sp³-hybridized carbons (Fsp3) is 0.235. The Morgan fingerprint density at radius 3 is 2.24 bits per heavy atom. The van der Waals surface area contributed by atoms with E-state index in [4.69, 9.17) is 0 Å². The van der Waals surface area contributed by atoms with Crippen molar-refractivity contribution in [3.8, 4) is 0 Å². The largest absolute Gasteiger partial charge is 0.331 e. The number of amides is 3. The van der Waals surface area contributed by atoms with Crippen molar-refractivity contribution in [2.24, 2.45) is 0 Å². The van der Waals surface area contributed by atoms with Crippen LogP contribution in [0.15, 0.2) is 36.7 Å². The van der Waals surface area contributed by atoms with Crippen molar-refractivity contribution in [1.82, 2.24) is 10.3 Å². The molecule has 0 spiro atoms. The second-order valence-corrected chi connectivity index (χ2v) is 5.33. The number of carbonyl (C=O) groups is 2. The van der Waals surface area contributed by atoms with Crippen LogP contribution in [0, 0.1) is 11.6 Å². The molecular weight excluding hydrogens is 330 g/mol. The normalized spacial score (nSPS) is 11.5. The molecule has 1 aromatic heterocycles. The van der Waals surface area contributed by atoms with Gasteiger partial charge in [0.1, 0.15) is 11.6 Å². The Morgan fingerprint density at radius 1 is 1.08 bits per heavy atom. The number of hydrogen-bond donors (Lipinski definition) is 3. The molecular formula is C17H18F2N4O2. The van der Waals surface area contributed by atoms with Crippen LogP contribution in [0.1, 0.15) is 31.9 Å².